The Labute approximate surface area is 114 Å². The minimum absolute atomic E-state index is 0.218. The maximum Gasteiger partial charge on any atom is 0.321 e. The molecule has 1 fully saturated rings. The van der Waals surface area contributed by atoms with Gasteiger partial charge >= 0.3 is 6.03 Å². The molecule has 1 rings (SSSR count). The van der Waals surface area contributed by atoms with Gasteiger partial charge in [0.2, 0.25) is 5.91 Å². The second kappa shape index (κ2) is 8.84. The first-order valence-electron chi connectivity index (χ1n) is 6.60. The molecule has 110 valence electrons. The van der Waals surface area contributed by atoms with Gasteiger partial charge in [0.05, 0.1) is 13.2 Å². The van der Waals surface area contributed by atoms with E-state index in [1.165, 1.54) is 6.42 Å². The molecular formula is C12H24N4O3. The summed E-state index contributed by atoms with van der Waals surface area (Å²) in [7, 11) is 3.43. The Morgan fingerprint density at radius 2 is 2.26 bits per heavy atom. The highest BCUT2D eigenvalue weighted by Gasteiger charge is 2.17. The minimum Gasteiger partial charge on any atom is -0.383 e. The molecule has 0 aliphatic carbocycles. The molecule has 3 amide bonds. The van der Waals surface area contributed by atoms with Crippen LogP contribution in [-0.2, 0) is 9.53 Å². The van der Waals surface area contributed by atoms with Gasteiger partial charge in [-0.1, -0.05) is 0 Å². The summed E-state index contributed by atoms with van der Waals surface area (Å²) in [6.45, 7) is 2.90. The highest BCUT2D eigenvalue weighted by Crippen LogP contribution is 2.05. The van der Waals surface area contributed by atoms with E-state index in [1.807, 2.05) is 11.9 Å². The number of nitrogens with zero attached hydrogens (tertiary/aromatic N) is 1. The number of likely N-dealkylation sites (N-methyl/N-ethyl adjacent to an activating group) is 1. The van der Waals surface area contributed by atoms with Crippen molar-refractivity contribution in [2.75, 3.05) is 46.9 Å². The number of carbonyl (C=O) groups is 2. The number of ether oxygens (including phenoxy) is 1. The first-order valence-corrected chi connectivity index (χ1v) is 6.60. The molecule has 0 radical (unpaired) electrons. The number of hydrogen-bond acceptors (Lipinski definition) is 5. The molecule has 7 heteroatoms. The molecule has 1 saturated heterocycles. The fourth-order valence-electron chi connectivity index (χ4n) is 2.08. The van der Waals surface area contributed by atoms with E-state index >= 15 is 0 Å². The van der Waals surface area contributed by atoms with Gasteiger partial charge in [0.15, 0.2) is 0 Å². The van der Waals surface area contributed by atoms with E-state index in [0.717, 1.165) is 19.5 Å². The van der Waals surface area contributed by atoms with Crippen LogP contribution in [-0.4, -0.2) is 69.8 Å². The van der Waals surface area contributed by atoms with Crippen molar-refractivity contribution in [3.05, 3.63) is 0 Å². The van der Waals surface area contributed by atoms with E-state index < -0.39 is 6.03 Å². The molecule has 3 N–H and O–H groups in total. The van der Waals surface area contributed by atoms with Gasteiger partial charge in [-0.2, -0.15) is 0 Å². The zero-order chi connectivity index (χ0) is 14.1. The second-order valence-corrected chi connectivity index (χ2v) is 4.79. The third-order valence-electron chi connectivity index (χ3n) is 2.95. The predicted molar refractivity (Wildman–Crippen MR) is 71.9 cm³/mol. The fourth-order valence-corrected chi connectivity index (χ4v) is 2.08. The Kier molecular flexibility index (Phi) is 7.39. The maximum absolute atomic E-state index is 11.6. The third-order valence-corrected chi connectivity index (χ3v) is 2.95. The number of imide groups is 1. The van der Waals surface area contributed by atoms with Crippen molar-refractivity contribution in [2.45, 2.75) is 18.9 Å². The molecule has 19 heavy (non-hydrogen) atoms. The van der Waals surface area contributed by atoms with Crippen LogP contribution >= 0.6 is 0 Å². The number of methoxy groups -OCH3 is 1. The van der Waals surface area contributed by atoms with Crippen LogP contribution in [0.5, 0.6) is 0 Å². The summed E-state index contributed by atoms with van der Waals surface area (Å²) in [5.74, 6) is -0.296. The summed E-state index contributed by atoms with van der Waals surface area (Å²) < 4.78 is 4.79. The number of nitrogens with one attached hydrogen (secondary N) is 3. The van der Waals surface area contributed by atoms with Crippen LogP contribution in [0, 0.1) is 0 Å². The van der Waals surface area contributed by atoms with Gasteiger partial charge < -0.3 is 15.4 Å². The van der Waals surface area contributed by atoms with Crippen molar-refractivity contribution in [1.82, 2.24) is 20.9 Å². The van der Waals surface area contributed by atoms with Crippen LogP contribution < -0.4 is 16.0 Å². The monoisotopic (exact) mass is 272 g/mol. The van der Waals surface area contributed by atoms with Crippen molar-refractivity contribution >= 4 is 11.9 Å². The first kappa shape index (κ1) is 15.9. The third kappa shape index (κ3) is 7.09. The lowest BCUT2D eigenvalue weighted by atomic mass is 10.2. The first-order chi connectivity index (χ1) is 9.11. The van der Waals surface area contributed by atoms with Crippen LogP contribution in [0.2, 0.25) is 0 Å². The molecule has 1 aliphatic heterocycles. The molecule has 1 aliphatic rings. The van der Waals surface area contributed by atoms with E-state index in [1.54, 1.807) is 7.11 Å². The van der Waals surface area contributed by atoms with Gasteiger partial charge in [-0.3, -0.25) is 15.0 Å². The fraction of sp³-hybridized carbons (Fsp3) is 0.833. The quantitative estimate of drug-likeness (QED) is 0.526. The van der Waals surface area contributed by atoms with Crippen LogP contribution in [0.3, 0.4) is 0 Å². The summed E-state index contributed by atoms with van der Waals surface area (Å²) in [5, 5.41) is 8.19. The topological polar surface area (TPSA) is 82.7 Å². The molecule has 0 saturated carbocycles. The van der Waals surface area contributed by atoms with Crippen LogP contribution in [0.15, 0.2) is 0 Å². The largest absolute Gasteiger partial charge is 0.383 e. The molecule has 0 aromatic heterocycles. The van der Waals surface area contributed by atoms with Gasteiger partial charge in [0.1, 0.15) is 0 Å². The number of hydrogen-bond donors (Lipinski definition) is 3. The molecule has 1 unspecified atom stereocenters. The number of urea groups is 1. The lowest BCUT2D eigenvalue weighted by Crippen LogP contribution is -2.46. The summed E-state index contributed by atoms with van der Waals surface area (Å²) >= 11 is 0. The minimum atomic E-state index is -0.477. The van der Waals surface area contributed by atoms with E-state index in [0.29, 0.717) is 19.2 Å². The Bertz CT molecular complexity index is 293. The summed E-state index contributed by atoms with van der Waals surface area (Å²) in [6.07, 6.45) is 2.33. The van der Waals surface area contributed by atoms with E-state index in [2.05, 4.69) is 16.0 Å². The van der Waals surface area contributed by atoms with Crippen molar-refractivity contribution in [1.29, 1.82) is 0 Å². The van der Waals surface area contributed by atoms with Gasteiger partial charge in [-0.05, 0) is 26.4 Å². The Hall–Kier alpha value is -1.18. The van der Waals surface area contributed by atoms with Gasteiger partial charge in [0.25, 0.3) is 0 Å². The molecule has 7 nitrogen and oxygen atoms in total. The van der Waals surface area contributed by atoms with Crippen LogP contribution in [0.4, 0.5) is 4.79 Å². The molecule has 0 spiro atoms. The average Bonchev–Trinajstić information content (AvgIpc) is 2.81. The van der Waals surface area contributed by atoms with Crippen LogP contribution in [0.25, 0.3) is 0 Å². The predicted octanol–water partition coefficient (Wildman–Crippen LogP) is -0.858. The molecular weight excluding hydrogens is 248 g/mol. The van der Waals surface area contributed by atoms with Crippen molar-refractivity contribution in [2.24, 2.45) is 0 Å². The highest BCUT2D eigenvalue weighted by molar-refractivity contribution is 5.95. The SMILES string of the molecule is COCCNC(=O)NC(=O)CN(C)CC1CCCN1. The number of amides is 3. The molecule has 1 atom stereocenters. The van der Waals surface area contributed by atoms with Crippen molar-refractivity contribution in [3.8, 4) is 0 Å². The lowest BCUT2D eigenvalue weighted by Gasteiger charge is -2.20. The van der Waals surface area contributed by atoms with E-state index in [4.69, 9.17) is 4.74 Å². The van der Waals surface area contributed by atoms with E-state index in [9.17, 15) is 9.59 Å². The lowest BCUT2D eigenvalue weighted by molar-refractivity contribution is -0.120. The molecule has 0 bridgehead atoms. The second-order valence-electron chi connectivity index (χ2n) is 4.79. The highest BCUT2D eigenvalue weighted by atomic mass is 16.5. The van der Waals surface area contributed by atoms with Crippen LogP contribution in [0.1, 0.15) is 12.8 Å². The van der Waals surface area contributed by atoms with Gasteiger partial charge in [0, 0.05) is 26.2 Å². The van der Waals surface area contributed by atoms with Crippen molar-refractivity contribution in [3.63, 3.8) is 0 Å². The summed E-state index contributed by atoms with van der Waals surface area (Å²) in [5.41, 5.74) is 0. The normalized spacial score (nSPS) is 18.6. The van der Waals surface area contributed by atoms with Gasteiger partial charge in [-0.25, -0.2) is 4.79 Å². The maximum atomic E-state index is 11.6. The Morgan fingerprint density at radius 3 is 2.89 bits per heavy atom. The average molecular weight is 272 g/mol. The zero-order valence-corrected chi connectivity index (χ0v) is 11.7. The molecule has 0 aromatic carbocycles. The standard InChI is InChI=1S/C12H24N4O3/c1-16(8-10-4-3-5-13-10)9-11(17)15-12(18)14-6-7-19-2/h10,13H,3-9H2,1-2H3,(H2,14,15,17,18). The summed E-state index contributed by atoms with van der Waals surface area (Å²) in [6, 6.07) is -0.0252. The number of rotatable bonds is 7. The van der Waals surface area contributed by atoms with Crippen molar-refractivity contribution < 1.29 is 14.3 Å². The molecule has 0 aromatic rings. The number of carbonyl (C=O) groups excluding carboxylic acids is 2. The molecule has 1 heterocycles. The zero-order valence-electron chi connectivity index (χ0n) is 11.7. The smallest absolute Gasteiger partial charge is 0.321 e. The Balaban J connectivity index is 2.13. The Morgan fingerprint density at radius 1 is 1.47 bits per heavy atom. The summed E-state index contributed by atoms with van der Waals surface area (Å²) in [4.78, 5) is 24.8. The van der Waals surface area contributed by atoms with E-state index in [-0.39, 0.29) is 12.5 Å². The van der Waals surface area contributed by atoms with Gasteiger partial charge in [-0.15, -0.1) is 0 Å².